The van der Waals surface area contributed by atoms with E-state index in [9.17, 15) is 5.26 Å². The lowest BCUT2D eigenvalue weighted by molar-refractivity contribution is 1.36. The number of fused-ring (bicyclic) bond motifs is 1. The van der Waals surface area contributed by atoms with Crippen molar-refractivity contribution in [1.29, 1.82) is 5.26 Å². The van der Waals surface area contributed by atoms with Crippen LogP contribution in [0.4, 0.5) is 11.5 Å². The maximum Gasteiger partial charge on any atom is 0.132 e. The van der Waals surface area contributed by atoms with E-state index in [2.05, 4.69) is 16.4 Å². The normalized spacial score (nSPS) is 10.3. The molecule has 0 amide bonds. The third-order valence-corrected chi connectivity index (χ3v) is 3.59. The van der Waals surface area contributed by atoms with Crippen molar-refractivity contribution in [2.24, 2.45) is 0 Å². The quantitative estimate of drug-likeness (QED) is 0.711. The summed E-state index contributed by atoms with van der Waals surface area (Å²) in [5, 5.41) is 14.3. The number of benzene rings is 2. The monoisotopic (exact) mass is 313 g/mol. The molecule has 0 atom stereocenters. The van der Waals surface area contributed by atoms with Crippen LogP contribution in [-0.2, 0) is 0 Å². The molecule has 0 saturated carbocycles. The Morgan fingerprint density at radius 3 is 2.67 bits per heavy atom. The van der Waals surface area contributed by atoms with E-state index in [-0.39, 0.29) is 0 Å². The molecule has 0 bridgehead atoms. The maximum absolute atomic E-state index is 9.27. The van der Waals surface area contributed by atoms with Gasteiger partial charge in [-0.15, -0.1) is 0 Å². The molecule has 1 heterocycles. The fraction of sp³-hybridized carbons (Fsp3) is 0. The molecular formula is C16H9Cl2N3. The Hall–Kier alpha value is -2.28. The summed E-state index contributed by atoms with van der Waals surface area (Å²) in [7, 11) is 0. The van der Waals surface area contributed by atoms with Gasteiger partial charge in [-0.3, -0.25) is 0 Å². The second kappa shape index (κ2) is 5.61. The number of nitrogens with zero attached hydrogens (tertiary/aromatic N) is 2. The Kier molecular flexibility index (Phi) is 3.66. The number of hydrogen-bond donors (Lipinski definition) is 1. The van der Waals surface area contributed by atoms with E-state index in [1.54, 1.807) is 24.3 Å². The predicted octanol–water partition coefficient (Wildman–Crippen LogP) is 5.16. The number of rotatable bonds is 2. The number of hydrogen-bond acceptors (Lipinski definition) is 3. The van der Waals surface area contributed by atoms with Crippen LogP contribution >= 0.6 is 23.2 Å². The Morgan fingerprint density at radius 2 is 1.86 bits per heavy atom. The van der Waals surface area contributed by atoms with Gasteiger partial charge in [0.2, 0.25) is 0 Å². The molecular weight excluding hydrogens is 305 g/mol. The zero-order chi connectivity index (χ0) is 14.8. The summed E-state index contributed by atoms with van der Waals surface area (Å²) >= 11 is 12.1. The summed E-state index contributed by atoms with van der Waals surface area (Å²) in [6.45, 7) is 0. The number of para-hydroxylation sites is 1. The molecule has 3 nitrogen and oxygen atoms in total. The van der Waals surface area contributed by atoms with E-state index in [0.717, 1.165) is 10.9 Å². The average molecular weight is 314 g/mol. The van der Waals surface area contributed by atoms with Gasteiger partial charge >= 0.3 is 0 Å². The van der Waals surface area contributed by atoms with E-state index in [1.165, 1.54) is 0 Å². The minimum Gasteiger partial charge on any atom is -0.339 e. The smallest absolute Gasteiger partial charge is 0.132 e. The average Bonchev–Trinajstić information content (AvgIpc) is 2.50. The first-order valence-corrected chi connectivity index (χ1v) is 6.95. The number of anilines is 2. The first-order valence-electron chi connectivity index (χ1n) is 6.19. The van der Waals surface area contributed by atoms with Gasteiger partial charge in [-0.1, -0.05) is 41.4 Å². The van der Waals surface area contributed by atoms with Crippen LogP contribution in [0.5, 0.6) is 0 Å². The molecule has 21 heavy (non-hydrogen) atoms. The lowest BCUT2D eigenvalue weighted by Crippen LogP contribution is -1.96. The van der Waals surface area contributed by atoms with E-state index >= 15 is 0 Å². The van der Waals surface area contributed by atoms with E-state index in [4.69, 9.17) is 23.2 Å². The van der Waals surface area contributed by atoms with Crippen molar-refractivity contribution in [3.63, 3.8) is 0 Å². The molecule has 0 radical (unpaired) electrons. The fourth-order valence-electron chi connectivity index (χ4n) is 2.06. The van der Waals surface area contributed by atoms with Crippen molar-refractivity contribution in [1.82, 2.24) is 4.98 Å². The van der Waals surface area contributed by atoms with Crippen LogP contribution in [0.15, 0.2) is 48.5 Å². The van der Waals surface area contributed by atoms with Gasteiger partial charge in [-0.05, 0) is 30.3 Å². The predicted molar refractivity (Wildman–Crippen MR) is 86.2 cm³/mol. The van der Waals surface area contributed by atoms with Crippen LogP contribution in [0.25, 0.3) is 10.9 Å². The van der Waals surface area contributed by atoms with Crippen LogP contribution < -0.4 is 5.32 Å². The molecule has 0 aliphatic rings. The molecule has 5 heteroatoms. The highest BCUT2D eigenvalue weighted by Gasteiger charge is 2.07. The fourth-order valence-corrected chi connectivity index (χ4v) is 2.40. The number of nitrogens with one attached hydrogen (secondary N) is 1. The first-order chi connectivity index (χ1) is 10.2. The van der Waals surface area contributed by atoms with Crippen molar-refractivity contribution in [3.8, 4) is 6.07 Å². The minimum atomic E-state index is 0.535. The summed E-state index contributed by atoms with van der Waals surface area (Å²) < 4.78 is 0. The van der Waals surface area contributed by atoms with Gasteiger partial charge in [0.05, 0.1) is 27.9 Å². The van der Waals surface area contributed by atoms with Gasteiger partial charge in [0.1, 0.15) is 5.82 Å². The standard InChI is InChI=1S/C16H9Cl2N3/c17-11-5-6-13(18)15(8-11)21-16-7-10(9-19)12-3-1-2-4-14(12)20-16/h1-8H,(H,20,21). The summed E-state index contributed by atoms with van der Waals surface area (Å²) in [5.41, 5.74) is 1.95. The molecule has 3 rings (SSSR count). The number of nitriles is 1. The molecule has 1 N–H and O–H groups in total. The van der Waals surface area contributed by atoms with Gasteiger partial charge in [-0.2, -0.15) is 5.26 Å². The lowest BCUT2D eigenvalue weighted by Gasteiger charge is -2.10. The molecule has 0 aliphatic heterocycles. The third-order valence-electron chi connectivity index (χ3n) is 3.03. The van der Waals surface area contributed by atoms with Crippen LogP contribution in [0.1, 0.15) is 5.56 Å². The molecule has 0 fully saturated rings. The molecule has 102 valence electrons. The van der Waals surface area contributed by atoms with Crippen LogP contribution in [-0.4, -0.2) is 4.98 Å². The molecule has 0 saturated heterocycles. The molecule has 3 aromatic rings. The van der Waals surface area contributed by atoms with Gasteiger partial charge in [0, 0.05) is 10.4 Å². The highest BCUT2D eigenvalue weighted by atomic mass is 35.5. The largest absolute Gasteiger partial charge is 0.339 e. The van der Waals surface area contributed by atoms with Crippen molar-refractivity contribution < 1.29 is 0 Å². The Balaban J connectivity index is 2.09. The van der Waals surface area contributed by atoms with Crippen molar-refractivity contribution in [2.45, 2.75) is 0 Å². The van der Waals surface area contributed by atoms with E-state index < -0.39 is 0 Å². The number of halogens is 2. The van der Waals surface area contributed by atoms with Gasteiger partial charge in [0.15, 0.2) is 0 Å². The molecule has 0 aliphatic carbocycles. The summed E-state index contributed by atoms with van der Waals surface area (Å²) in [6.07, 6.45) is 0. The van der Waals surface area contributed by atoms with Crippen LogP contribution in [0.3, 0.4) is 0 Å². The highest BCUT2D eigenvalue weighted by Crippen LogP contribution is 2.29. The molecule has 2 aromatic carbocycles. The second-order valence-electron chi connectivity index (χ2n) is 4.43. The maximum atomic E-state index is 9.27. The first kappa shape index (κ1) is 13.7. The van der Waals surface area contributed by atoms with Crippen molar-refractivity contribution in [3.05, 3.63) is 64.1 Å². The van der Waals surface area contributed by atoms with Crippen molar-refractivity contribution >= 4 is 45.6 Å². The van der Waals surface area contributed by atoms with Crippen molar-refractivity contribution in [2.75, 3.05) is 5.32 Å². The van der Waals surface area contributed by atoms with Gasteiger partial charge in [-0.25, -0.2) is 4.98 Å². The summed E-state index contributed by atoms with van der Waals surface area (Å²) in [4.78, 5) is 4.49. The Morgan fingerprint density at radius 1 is 1.05 bits per heavy atom. The Labute approximate surface area is 131 Å². The van der Waals surface area contributed by atoms with Gasteiger partial charge < -0.3 is 5.32 Å². The summed E-state index contributed by atoms with van der Waals surface area (Å²) in [5.74, 6) is 0.550. The lowest BCUT2D eigenvalue weighted by atomic mass is 10.1. The van der Waals surface area contributed by atoms with Crippen LogP contribution in [0.2, 0.25) is 10.0 Å². The SMILES string of the molecule is N#Cc1cc(Nc2cc(Cl)ccc2Cl)nc2ccccc12. The Bertz CT molecular complexity index is 869. The third kappa shape index (κ3) is 2.78. The summed E-state index contributed by atoms with van der Waals surface area (Å²) in [6, 6.07) is 16.5. The minimum absolute atomic E-state index is 0.535. The number of pyridine rings is 1. The molecule has 0 spiro atoms. The van der Waals surface area contributed by atoms with Gasteiger partial charge in [0.25, 0.3) is 0 Å². The van der Waals surface area contributed by atoms with E-state index in [1.807, 2.05) is 24.3 Å². The molecule has 1 aromatic heterocycles. The molecule has 0 unspecified atom stereocenters. The van der Waals surface area contributed by atoms with E-state index in [0.29, 0.717) is 27.1 Å². The zero-order valence-corrected chi connectivity index (χ0v) is 12.3. The topological polar surface area (TPSA) is 48.7 Å². The highest BCUT2D eigenvalue weighted by molar-refractivity contribution is 6.35. The van der Waals surface area contributed by atoms with Crippen LogP contribution in [0, 0.1) is 11.3 Å². The number of aromatic nitrogens is 1. The second-order valence-corrected chi connectivity index (χ2v) is 5.28. The zero-order valence-electron chi connectivity index (χ0n) is 10.8.